The van der Waals surface area contributed by atoms with Crippen molar-refractivity contribution in [3.05, 3.63) is 143 Å². The SMILES string of the molecule is O=C1C2CC=C3C(CC4C(=O)N(c5cccc(Cl)c5)C(=O)C4(c4ccccc4)C3c3ccc(O)c4ccccc34)C2C(=O)N1c1cccc(B(O)O)c1. The average Bonchev–Trinajstić information content (AvgIpc) is 3.56. The molecule has 0 spiro atoms. The predicted octanol–water partition coefficient (Wildman–Crippen LogP) is 5.25. The molecule has 6 atom stereocenters. The smallest absolute Gasteiger partial charge is 0.488 e. The first-order valence-electron chi connectivity index (χ1n) is 17.6. The molecule has 9 nitrogen and oxygen atoms in total. The van der Waals surface area contributed by atoms with Gasteiger partial charge >= 0.3 is 7.12 Å². The number of fused-ring (bicyclic) bond motifs is 5. The molecule has 0 bridgehead atoms. The number of carbonyl (C=O) groups excluding carboxylic acids is 4. The fourth-order valence-corrected chi connectivity index (χ4v) is 9.91. The zero-order chi connectivity index (χ0) is 36.8. The summed E-state index contributed by atoms with van der Waals surface area (Å²) in [5, 5.41) is 32.4. The maximum Gasteiger partial charge on any atom is 0.488 e. The molecule has 5 aromatic rings. The van der Waals surface area contributed by atoms with Gasteiger partial charge in [-0.1, -0.05) is 102 Å². The number of anilines is 2. The Morgan fingerprint density at radius 1 is 0.698 bits per heavy atom. The van der Waals surface area contributed by atoms with E-state index in [1.54, 1.807) is 54.6 Å². The number of nitrogens with zero attached hydrogens (tertiary/aromatic N) is 2. The van der Waals surface area contributed by atoms with E-state index >= 15 is 9.59 Å². The summed E-state index contributed by atoms with van der Waals surface area (Å²) in [6.45, 7) is 0. The zero-order valence-electron chi connectivity index (χ0n) is 28.2. The Morgan fingerprint density at radius 2 is 1.40 bits per heavy atom. The maximum absolute atomic E-state index is 15.5. The van der Waals surface area contributed by atoms with Gasteiger partial charge in [0.1, 0.15) is 5.75 Å². The van der Waals surface area contributed by atoms with Crippen LogP contribution in [0.1, 0.15) is 29.9 Å². The lowest BCUT2D eigenvalue weighted by Gasteiger charge is -2.51. The largest absolute Gasteiger partial charge is 0.507 e. The second-order valence-corrected chi connectivity index (χ2v) is 14.7. The van der Waals surface area contributed by atoms with E-state index in [2.05, 4.69) is 0 Å². The third-order valence-electron chi connectivity index (χ3n) is 11.8. The summed E-state index contributed by atoms with van der Waals surface area (Å²) >= 11 is 6.43. The first-order chi connectivity index (χ1) is 25.6. The van der Waals surface area contributed by atoms with Crippen molar-refractivity contribution in [3.8, 4) is 5.75 Å². The molecule has 0 radical (unpaired) electrons. The molecule has 1 saturated carbocycles. The fraction of sp³-hybridized carbons (Fsp3) is 0.190. The van der Waals surface area contributed by atoms with Crippen molar-refractivity contribution in [3.63, 3.8) is 0 Å². The van der Waals surface area contributed by atoms with Crippen LogP contribution in [0.25, 0.3) is 10.8 Å². The van der Waals surface area contributed by atoms with Gasteiger partial charge in [-0.2, -0.15) is 0 Å². The average molecular weight is 723 g/mol. The molecule has 9 rings (SSSR count). The van der Waals surface area contributed by atoms with Crippen molar-refractivity contribution < 1.29 is 34.3 Å². The molecule has 2 saturated heterocycles. The monoisotopic (exact) mass is 722 g/mol. The van der Waals surface area contributed by atoms with E-state index in [1.807, 2.05) is 54.6 Å². The highest BCUT2D eigenvalue weighted by molar-refractivity contribution is 6.58. The minimum atomic E-state index is -1.79. The summed E-state index contributed by atoms with van der Waals surface area (Å²) in [5.74, 6) is -5.50. The Kier molecular flexibility index (Phi) is 7.71. The Labute approximate surface area is 309 Å². The van der Waals surface area contributed by atoms with Gasteiger partial charge in [0.15, 0.2) is 0 Å². The Morgan fingerprint density at radius 3 is 2.13 bits per heavy atom. The van der Waals surface area contributed by atoms with E-state index in [0.717, 1.165) is 10.5 Å². The molecule has 11 heteroatoms. The molecule has 2 heterocycles. The second kappa shape index (κ2) is 12.3. The summed E-state index contributed by atoms with van der Waals surface area (Å²) < 4.78 is 0. The van der Waals surface area contributed by atoms with E-state index in [9.17, 15) is 24.7 Å². The first-order valence-corrected chi connectivity index (χ1v) is 17.9. The van der Waals surface area contributed by atoms with Gasteiger partial charge in [-0.05, 0) is 77.1 Å². The first kappa shape index (κ1) is 33.3. The van der Waals surface area contributed by atoms with Crippen LogP contribution in [0.5, 0.6) is 5.75 Å². The molecule has 4 aliphatic rings. The van der Waals surface area contributed by atoms with Crippen molar-refractivity contribution in [1.82, 2.24) is 0 Å². The van der Waals surface area contributed by atoms with Crippen molar-refractivity contribution >= 4 is 70.0 Å². The van der Waals surface area contributed by atoms with Crippen LogP contribution in [-0.4, -0.2) is 45.9 Å². The normalized spacial score (nSPS) is 26.4. The van der Waals surface area contributed by atoms with Crippen LogP contribution in [0.2, 0.25) is 5.02 Å². The highest BCUT2D eigenvalue weighted by Gasteiger charge is 2.70. The summed E-state index contributed by atoms with van der Waals surface area (Å²) in [6.07, 6.45) is 2.34. The zero-order valence-corrected chi connectivity index (χ0v) is 28.9. The van der Waals surface area contributed by atoms with Gasteiger partial charge in [0.2, 0.25) is 23.6 Å². The minimum Gasteiger partial charge on any atom is -0.507 e. The lowest BCUT2D eigenvalue weighted by molar-refractivity contribution is -0.127. The van der Waals surface area contributed by atoms with Crippen LogP contribution >= 0.6 is 11.6 Å². The van der Waals surface area contributed by atoms with Crippen LogP contribution in [0, 0.1) is 23.7 Å². The number of carbonyl (C=O) groups is 4. The van der Waals surface area contributed by atoms with Crippen LogP contribution in [0.3, 0.4) is 0 Å². The highest BCUT2D eigenvalue weighted by Crippen LogP contribution is 2.65. The molecule has 2 aliphatic carbocycles. The minimum absolute atomic E-state index is 0.0662. The number of imide groups is 2. The molecule has 6 unspecified atom stereocenters. The summed E-state index contributed by atoms with van der Waals surface area (Å²) in [4.78, 5) is 61.7. The number of hydrogen-bond acceptors (Lipinski definition) is 7. The number of allylic oxidation sites excluding steroid dienone is 2. The third kappa shape index (κ3) is 4.72. The number of rotatable bonds is 5. The summed E-state index contributed by atoms with van der Waals surface area (Å²) in [6, 6.07) is 32.8. The van der Waals surface area contributed by atoms with Gasteiger partial charge in [0.05, 0.1) is 34.5 Å². The van der Waals surface area contributed by atoms with Crippen molar-refractivity contribution in [1.29, 1.82) is 0 Å². The van der Waals surface area contributed by atoms with Crippen LogP contribution in [0.15, 0.2) is 127 Å². The van der Waals surface area contributed by atoms with Crippen molar-refractivity contribution in [2.24, 2.45) is 23.7 Å². The molecule has 3 N–H and O–H groups in total. The predicted molar refractivity (Wildman–Crippen MR) is 200 cm³/mol. The third-order valence-corrected chi connectivity index (χ3v) is 12.1. The standard InChI is InChI=1S/C42H32BClN2O7/c44-25-11-7-13-27(21-25)46-39(49)34-22-33-31(16-17-32-36(33)40(50)45(38(32)48)26-12-6-10-24(20-26)43(52)53)37(42(34,41(46)51)23-8-2-1-3-9-23)30-18-19-35(47)29-15-5-4-14-28(29)30/h1-16,18-21,32-34,36-37,47,52-53H,17,22H2. The quantitative estimate of drug-likeness (QED) is 0.128. The van der Waals surface area contributed by atoms with E-state index < -0.39 is 65.8 Å². The number of phenols is 1. The van der Waals surface area contributed by atoms with Gasteiger partial charge in [0, 0.05) is 16.3 Å². The molecule has 0 aromatic heterocycles. The van der Waals surface area contributed by atoms with Crippen molar-refractivity contribution in [2.75, 3.05) is 9.80 Å². The molecule has 262 valence electrons. The Bertz CT molecular complexity index is 2420. The lowest BCUT2D eigenvalue weighted by Crippen LogP contribution is -2.53. The van der Waals surface area contributed by atoms with E-state index in [-0.39, 0.29) is 29.7 Å². The molecule has 4 amide bonds. The number of amides is 4. The number of aromatic hydroxyl groups is 1. The van der Waals surface area contributed by atoms with Crippen LogP contribution < -0.4 is 15.3 Å². The number of hydrogen-bond donors (Lipinski definition) is 3. The molecular weight excluding hydrogens is 691 g/mol. The topological polar surface area (TPSA) is 135 Å². The summed E-state index contributed by atoms with van der Waals surface area (Å²) in [5.41, 5.74) is 1.39. The molecule has 5 aromatic carbocycles. The summed E-state index contributed by atoms with van der Waals surface area (Å²) in [7, 11) is -1.79. The van der Waals surface area contributed by atoms with Gasteiger partial charge < -0.3 is 15.2 Å². The maximum atomic E-state index is 15.5. The number of halogens is 1. The molecule has 53 heavy (non-hydrogen) atoms. The van der Waals surface area contributed by atoms with E-state index in [4.69, 9.17) is 11.6 Å². The Hall–Kier alpha value is -5.55. The van der Waals surface area contributed by atoms with E-state index in [1.165, 1.54) is 17.0 Å². The second-order valence-electron chi connectivity index (χ2n) is 14.3. The fourth-order valence-electron chi connectivity index (χ4n) is 9.73. The van der Waals surface area contributed by atoms with Crippen molar-refractivity contribution in [2.45, 2.75) is 24.2 Å². The van der Waals surface area contributed by atoms with Gasteiger partial charge in [0.25, 0.3) is 0 Å². The van der Waals surface area contributed by atoms with Crippen LogP contribution in [-0.2, 0) is 24.6 Å². The van der Waals surface area contributed by atoms with E-state index in [0.29, 0.717) is 32.6 Å². The van der Waals surface area contributed by atoms with Gasteiger partial charge in [-0.25, -0.2) is 4.90 Å². The molecule has 2 aliphatic heterocycles. The van der Waals surface area contributed by atoms with Gasteiger partial charge in [-0.3, -0.25) is 24.1 Å². The van der Waals surface area contributed by atoms with Crippen LogP contribution in [0.4, 0.5) is 11.4 Å². The molecular formula is C42H32BClN2O7. The molecule has 3 fully saturated rings. The Balaban J connectivity index is 1.29. The highest BCUT2D eigenvalue weighted by atomic mass is 35.5. The lowest BCUT2D eigenvalue weighted by atomic mass is 9.49. The van der Waals surface area contributed by atoms with Gasteiger partial charge in [-0.15, -0.1) is 0 Å². The number of phenolic OH excluding ortho intramolecular Hbond substituents is 1. The number of benzene rings is 5.